The Hall–Kier alpha value is -2.47. The van der Waals surface area contributed by atoms with E-state index < -0.39 is 18.0 Å². The molecule has 0 aromatic heterocycles. The molecular formula is C17H18N2O3S. The number of carboxylic acids is 1. The van der Waals surface area contributed by atoms with E-state index in [1.54, 1.807) is 23.9 Å². The summed E-state index contributed by atoms with van der Waals surface area (Å²) in [6.07, 6.45) is 2.20. The maximum absolute atomic E-state index is 12.0. The molecule has 2 aromatic rings. The minimum Gasteiger partial charge on any atom is -0.480 e. The number of urea groups is 1. The number of hydrogen-bond acceptors (Lipinski definition) is 3. The molecule has 6 heteroatoms. The Bertz CT molecular complexity index is 659. The number of aliphatic carboxylic acids is 1. The van der Waals surface area contributed by atoms with E-state index in [-0.39, 0.29) is 6.42 Å². The highest BCUT2D eigenvalue weighted by Gasteiger charge is 2.20. The first kappa shape index (κ1) is 16.9. The van der Waals surface area contributed by atoms with Gasteiger partial charge in [-0.3, -0.25) is 0 Å². The molecule has 0 saturated carbocycles. The number of rotatable bonds is 6. The molecule has 0 aliphatic rings. The fraction of sp³-hybridized carbons (Fsp3) is 0.176. The van der Waals surface area contributed by atoms with Gasteiger partial charge in [-0.1, -0.05) is 30.3 Å². The first-order valence-corrected chi connectivity index (χ1v) is 8.29. The van der Waals surface area contributed by atoms with Gasteiger partial charge in [0.15, 0.2) is 0 Å². The Morgan fingerprint density at radius 2 is 1.74 bits per heavy atom. The van der Waals surface area contributed by atoms with Crippen LogP contribution in [0.5, 0.6) is 0 Å². The Labute approximate surface area is 139 Å². The van der Waals surface area contributed by atoms with Gasteiger partial charge in [-0.15, -0.1) is 11.8 Å². The van der Waals surface area contributed by atoms with Crippen LogP contribution in [0.1, 0.15) is 5.56 Å². The molecule has 2 rings (SSSR count). The van der Waals surface area contributed by atoms with Crippen LogP contribution in [0.4, 0.5) is 10.5 Å². The number of benzene rings is 2. The van der Waals surface area contributed by atoms with E-state index >= 15 is 0 Å². The summed E-state index contributed by atoms with van der Waals surface area (Å²) in [5.41, 5.74) is 1.47. The molecule has 0 unspecified atom stereocenters. The second-order valence-electron chi connectivity index (χ2n) is 4.91. The van der Waals surface area contributed by atoms with Crippen LogP contribution in [-0.4, -0.2) is 29.4 Å². The molecule has 0 bridgehead atoms. The van der Waals surface area contributed by atoms with Crippen molar-refractivity contribution in [2.75, 3.05) is 11.6 Å². The molecular weight excluding hydrogens is 312 g/mol. The Balaban J connectivity index is 1.96. The van der Waals surface area contributed by atoms with Crippen molar-refractivity contribution < 1.29 is 14.7 Å². The highest BCUT2D eigenvalue weighted by Crippen LogP contribution is 2.17. The molecule has 120 valence electrons. The van der Waals surface area contributed by atoms with Crippen LogP contribution in [-0.2, 0) is 11.2 Å². The summed E-state index contributed by atoms with van der Waals surface area (Å²) in [4.78, 5) is 24.4. The molecule has 0 spiro atoms. The van der Waals surface area contributed by atoms with Crippen molar-refractivity contribution in [3.63, 3.8) is 0 Å². The van der Waals surface area contributed by atoms with E-state index in [9.17, 15) is 14.7 Å². The van der Waals surface area contributed by atoms with Crippen LogP contribution in [0.25, 0.3) is 0 Å². The van der Waals surface area contributed by atoms with Crippen molar-refractivity contribution in [3.05, 3.63) is 60.2 Å². The van der Waals surface area contributed by atoms with Gasteiger partial charge in [-0.25, -0.2) is 9.59 Å². The minimum absolute atomic E-state index is 0.231. The van der Waals surface area contributed by atoms with Gasteiger partial charge in [-0.2, -0.15) is 0 Å². The van der Waals surface area contributed by atoms with E-state index in [1.807, 2.05) is 48.7 Å². The van der Waals surface area contributed by atoms with Crippen molar-refractivity contribution in [2.45, 2.75) is 17.4 Å². The van der Waals surface area contributed by atoms with Crippen molar-refractivity contribution in [3.8, 4) is 0 Å². The summed E-state index contributed by atoms with van der Waals surface area (Å²) in [6, 6.07) is 15.0. The fourth-order valence-electron chi connectivity index (χ4n) is 2.05. The summed E-state index contributed by atoms with van der Waals surface area (Å²) < 4.78 is 0. The second-order valence-corrected chi connectivity index (χ2v) is 5.79. The lowest BCUT2D eigenvalue weighted by Gasteiger charge is -2.15. The molecule has 2 amide bonds. The number of amides is 2. The lowest BCUT2D eigenvalue weighted by molar-refractivity contribution is -0.139. The molecule has 0 heterocycles. The van der Waals surface area contributed by atoms with E-state index in [0.717, 1.165) is 10.5 Å². The summed E-state index contributed by atoms with van der Waals surface area (Å²) in [7, 11) is 0. The maximum Gasteiger partial charge on any atom is 0.326 e. The van der Waals surface area contributed by atoms with Gasteiger partial charge in [-0.05, 0) is 36.1 Å². The average molecular weight is 330 g/mol. The molecule has 23 heavy (non-hydrogen) atoms. The third kappa shape index (κ3) is 5.34. The number of thioether (sulfide) groups is 1. The Morgan fingerprint density at radius 3 is 2.30 bits per heavy atom. The van der Waals surface area contributed by atoms with Crippen LogP contribution in [0.3, 0.4) is 0 Å². The normalized spacial score (nSPS) is 11.5. The first-order valence-electron chi connectivity index (χ1n) is 7.07. The summed E-state index contributed by atoms with van der Waals surface area (Å²) >= 11 is 1.61. The molecule has 0 saturated heterocycles. The summed E-state index contributed by atoms with van der Waals surface area (Å²) in [5, 5.41) is 14.4. The van der Waals surface area contributed by atoms with E-state index in [4.69, 9.17) is 0 Å². The minimum atomic E-state index is -1.07. The predicted molar refractivity (Wildman–Crippen MR) is 91.9 cm³/mol. The SMILES string of the molecule is CSc1ccc(NC(=O)N[C@@H](Cc2ccccc2)C(=O)O)cc1. The third-order valence-corrected chi connectivity index (χ3v) is 3.98. The van der Waals surface area contributed by atoms with Gasteiger partial charge in [0, 0.05) is 17.0 Å². The molecule has 1 atom stereocenters. The van der Waals surface area contributed by atoms with Gasteiger partial charge in [0.1, 0.15) is 6.04 Å². The number of carbonyl (C=O) groups excluding carboxylic acids is 1. The standard InChI is InChI=1S/C17H18N2O3S/c1-23-14-9-7-13(8-10-14)18-17(22)19-15(16(20)21)11-12-5-3-2-4-6-12/h2-10,15H,11H2,1H3,(H,20,21)(H2,18,19,22)/t15-/m0/s1. The largest absolute Gasteiger partial charge is 0.480 e. The highest BCUT2D eigenvalue weighted by atomic mass is 32.2. The van der Waals surface area contributed by atoms with Crippen LogP contribution >= 0.6 is 11.8 Å². The topological polar surface area (TPSA) is 78.4 Å². The Morgan fingerprint density at radius 1 is 1.09 bits per heavy atom. The van der Waals surface area contributed by atoms with Gasteiger partial charge >= 0.3 is 12.0 Å². The van der Waals surface area contributed by atoms with Crippen molar-refractivity contribution in [1.29, 1.82) is 0 Å². The molecule has 2 aromatic carbocycles. The molecule has 5 nitrogen and oxygen atoms in total. The van der Waals surface area contributed by atoms with Crippen molar-refractivity contribution >= 4 is 29.4 Å². The number of carboxylic acid groups (broad SMARTS) is 1. The van der Waals surface area contributed by atoms with Crippen LogP contribution in [0.2, 0.25) is 0 Å². The van der Waals surface area contributed by atoms with Crippen molar-refractivity contribution in [1.82, 2.24) is 5.32 Å². The fourth-order valence-corrected chi connectivity index (χ4v) is 2.46. The van der Waals surface area contributed by atoms with Crippen LogP contribution in [0.15, 0.2) is 59.5 Å². The third-order valence-electron chi connectivity index (χ3n) is 3.23. The summed E-state index contributed by atoms with van der Waals surface area (Å²) in [5.74, 6) is -1.07. The van der Waals surface area contributed by atoms with Gasteiger partial charge in [0.05, 0.1) is 0 Å². The first-order chi connectivity index (χ1) is 11.1. The lowest BCUT2D eigenvalue weighted by atomic mass is 10.1. The van der Waals surface area contributed by atoms with Crippen molar-refractivity contribution in [2.24, 2.45) is 0 Å². The highest BCUT2D eigenvalue weighted by molar-refractivity contribution is 7.98. The molecule has 0 fully saturated rings. The van der Waals surface area contributed by atoms with E-state index in [2.05, 4.69) is 10.6 Å². The number of nitrogens with one attached hydrogen (secondary N) is 2. The zero-order valence-electron chi connectivity index (χ0n) is 12.7. The van der Waals surface area contributed by atoms with Gasteiger partial charge in [0.2, 0.25) is 0 Å². The second kappa shape index (κ2) is 8.24. The van der Waals surface area contributed by atoms with E-state index in [1.165, 1.54) is 0 Å². The van der Waals surface area contributed by atoms with Gasteiger partial charge < -0.3 is 15.7 Å². The van der Waals surface area contributed by atoms with E-state index in [0.29, 0.717) is 5.69 Å². The summed E-state index contributed by atoms with van der Waals surface area (Å²) in [6.45, 7) is 0. The number of carbonyl (C=O) groups is 2. The number of hydrogen-bond donors (Lipinski definition) is 3. The molecule has 0 aliphatic heterocycles. The number of anilines is 1. The maximum atomic E-state index is 12.0. The predicted octanol–water partition coefficient (Wildman–Crippen LogP) is 3.23. The lowest BCUT2D eigenvalue weighted by Crippen LogP contribution is -2.44. The molecule has 3 N–H and O–H groups in total. The zero-order chi connectivity index (χ0) is 16.7. The monoisotopic (exact) mass is 330 g/mol. The Kier molecular flexibility index (Phi) is 6.05. The zero-order valence-corrected chi connectivity index (χ0v) is 13.5. The molecule has 0 aliphatic carbocycles. The van der Waals surface area contributed by atoms with Crippen LogP contribution in [0, 0.1) is 0 Å². The molecule has 0 radical (unpaired) electrons. The quantitative estimate of drug-likeness (QED) is 0.711. The smallest absolute Gasteiger partial charge is 0.326 e. The van der Waals surface area contributed by atoms with Crippen LogP contribution < -0.4 is 10.6 Å². The average Bonchev–Trinajstić information content (AvgIpc) is 2.56. The van der Waals surface area contributed by atoms with Gasteiger partial charge in [0.25, 0.3) is 0 Å².